The molecule has 1 aliphatic heterocycles. The normalized spacial score (nSPS) is 16.8. The molecule has 4 aromatic rings. The molecule has 2 N–H and O–H groups in total. The Morgan fingerprint density at radius 1 is 1.13 bits per heavy atom. The van der Waals surface area contributed by atoms with Crippen molar-refractivity contribution in [1.82, 2.24) is 9.88 Å². The van der Waals surface area contributed by atoms with E-state index >= 15 is 0 Å². The van der Waals surface area contributed by atoms with Crippen LogP contribution < -0.4 is 4.74 Å². The van der Waals surface area contributed by atoms with Gasteiger partial charge in [-0.05, 0) is 60.5 Å². The molecular weight excluding hydrogens is 493 g/mol. The van der Waals surface area contributed by atoms with Gasteiger partial charge in [0, 0.05) is 35.3 Å². The third-order valence-electron chi connectivity index (χ3n) is 6.68. The first-order valence-electron chi connectivity index (χ1n) is 11.7. The van der Waals surface area contributed by atoms with Gasteiger partial charge in [-0.1, -0.05) is 12.1 Å². The van der Waals surface area contributed by atoms with E-state index in [9.17, 15) is 29.2 Å². The van der Waals surface area contributed by atoms with Crippen LogP contribution in [0, 0.1) is 15.9 Å². The number of halogens is 1. The molecule has 0 radical (unpaired) electrons. The lowest BCUT2D eigenvalue weighted by Crippen LogP contribution is -2.32. The first-order chi connectivity index (χ1) is 18.3. The zero-order valence-electron chi connectivity index (χ0n) is 20.2. The van der Waals surface area contributed by atoms with E-state index in [4.69, 9.17) is 4.74 Å². The number of fused-ring (bicyclic) bond motifs is 1. The van der Waals surface area contributed by atoms with Crippen molar-refractivity contribution in [1.29, 1.82) is 0 Å². The first-order valence-corrected chi connectivity index (χ1v) is 11.7. The summed E-state index contributed by atoms with van der Waals surface area (Å²) in [6.45, 7) is 0.0334. The van der Waals surface area contributed by atoms with Crippen molar-refractivity contribution in [3.63, 3.8) is 0 Å². The molecule has 2 heterocycles. The number of nitrogens with zero attached hydrogens (tertiary/aromatic N) is 2. The number of H-pyrrole nitrogens is 1. The maximum absolute atomic E-state index is 13.5. The minimum absolute atomic E-state index is 0.0334. The molecule has 1 amide bonds. The van der Waals surface area contributed by atoms with Crippen LogP contribution in [-0.4, -0.2) is 45.3 Å². The molecule has 1 aliphatic rings. The lowest BCUT2D eigenvalue weighted by Gasteiger charge is -2.25. The average Bonchev–Trinajstić information content (AvgIpc) is 3.44. The number of Topliss-reactive ketones (excluding diaryl/α,β-unsaturated/α-hetero) is 1. The molecule has 1 fully saturated rings. The molecular formula is C28H22FN3O6. The fraction of sp³-hybridized carbons (Fsp3) is 0.143. The molecule has 1 aromatic heterocycles. The number of hydrogen-bond acceptors (Lipinski definition) is 6. The molecule has 0 unspecified atom stereocenters. The quantitative estimate of drug-likeness (QED) is 0.119. The van der Waals surface area contributed by atoms with Crippen LogP contribution in [0.2, 0.25) is 0 Å². The summed E-state index contributed by atoms with van der Waals surface area (Å²) < 4.78 is 18.8. The summed E-state index contributed by atoms with van der Waals surface area (Å²) in [5, 5.41) is 23.8. The van der Waals surface area contributed by atoms with Gasteiger partial charge < -0.3 is 19.7 Å². The van der Waals surface area contributed by atoms with Gasteiger partial charge in [0.1, 0.15) is 17.3 Å². The number of para-hydroxylation sites is 1. The number of hydrogen-bond donors (Lipinski definition) is 2. The molecule has 0 bridgehead atoms. The third kappa shape index (κ3) is 4.26. The number of ketones is 1. The molecule has 10 heteroatoms. The topological polar surface area (TPSA) is 126 Å². The van der Waals surface area contributed by atoms with E-state index in [0.29, 0.717) is 12.2 Å². The highest BCUT2D eigenvalue weighted by Crippen LogP contribution is 2.42. The highest BCUT2D eigenvalue weighted by atomic mass is 19.1. The predicted octanol–water partition coefficient (Wildman–Crippen LogP) is 4.89. The Labute approximate surface area is 215 Å². The Morgan fingerprint density at radius 2 is 1.87 bits per heavy atom. The smallest absolute Gasteiger partial charge is 0.295 e. The number of aromatic amines is 1. The molecule has 5 rings (SSSR count). The Bertz CT molecular complexity index is 1610. The number of carbonyl (C=O) groups excluding carboxylic acids is 2. The number of aliphatic hydroxyl groups is 1. The minimum atomic E-state index is -1.22. The number of carbonyl (C=O) groups is 2. The van der Waals surface area contributed by atoms with Crippen LogP contribution in [0.1, 0.15) is 22.7 Å². The molecule has 38 heavy (non-hydrogen) atoms. The number of ether oxygens (including phenoxy) is 1. The number of rotatable bonds is 7. The number of aliphatic hydroxyl groups excluding tert-OH is 1. The number of nitrogens with one attached hydrogen (secondary N) is 1. The van der Waals surface area contributed by atoms with Crippen LogP contribution in [0.3, 0.4) is 0 Å². The first kappa shape index (κ1) is 24.7. The predicted molar refractivity (Wildman–Crippen MR) is 137 cm³/mol. The minimum Gasteiger partial charge on any atom is -0.507 e. The van der Waals surface area contributed by atoms with E-state index < -0.39 is 34.2 Å². The van der Waals surface area contributed by atoms with E-state index in [-0.39, 0.29) is 28.9 Å². The maximum Gasteiger partial charge on any atom is 0.295 e. The van der Waals surface area contributed by atoms with Gasteiger partial charge in [-0.15, -0.1) is 0 Å². The zero-order valence-corrected chi connectivity index (χ0v) is 20.2. The lowest BCUT2D eigenvalue weighted by molar-refractivity contribution is -0.385. The monoisotopic (exact) mass is 515 g/mol. The second-order valence-electron chi connectivity index (χ2n) is 8.79. The standard InChI is InChI=1S/C28H22FN3O6/c1-38-19-10-11-22-21(14-19)17(15-30-22)12-13-31-25(20-4-2-3-5-23(20)32(36)37)24(27(34)28(31)35)26(33)16-6-8-18(29)9-7-16/h2-11,14-15,25,30,33H,12-13H2,1H3/t25-/m0/s1. The van der Waals surface area contributed by atoms with Gasteiger partial charge in [-0.2, -0.15) is 0 Å². The highest BCUT2D eigenvalue weighted by molar-refractivity contribution is 6.46. The van der Waals surface area contributed by atoms with E-state index in [1.54, 1.807) is 19.4 Å². The van der Waals surface area contributed by atoms with Gasteiger partial charge in [-0.25, -0.2) is 4.39 Å². The van der Waals surface area contributed by atoms with Crippen molar-refractivity contribution in [2.75, 3.05) is 13.7 Å². The lowest BCUT2D eigenvalue weighted by atomic mass is 9.94. The Balaban J connectivity index is 1.60. The number of methoxy groups -OCH3 is 1. The van der Waals surface area contributed by atoms with Crippen molar-refractivity contribution in [3.8, 4) is 5.75 Å². The van der Waals surface area contributed by atoms with Crippen molar-refractivity contribution >= 4 is 34.0 Å². The van der Waals surface area contributed by atoms with Crippen LogP contribution in [0.4, 0.5) is 10.1 Å². The Morgan fingerprint density at radius 3 is 2.58 bits per heavy atom. The average molecular weight is 515 g/mol. The summed E-state index contributed by atoms with van der Waals surface area (Å²) in [6, 6.07) is 14.8. The van der Waals surface area contributed by atoms with Crippen LogP contribution in [-0.2, 0) is 16.0 Å². The molecule has 3 aromatic carbocycles. The van der Waals surface area contributed by atoms with Crippen molar-refractivity contribution < 1.29 is 28.7 Å². The van der Waals surface area contributed by atoms with Crippen molar-refractivity contribution in [3.05, 3.63) is 111 Å². The zero-order chi connectivity index (χ0) is 27.0. The number of benzene rings is 3. The van der Waals surface area contributed by atoms with E-state index in [1.165, 1.54) is 35.2 Å². The maximum atomic E-state index is 13.5. The van der Waals surface area contributed by atoms with E-state index in [1.807, 2.05) is 18.2 Å². The van der Waals surface area contributed by atoms with Gasteiger partial charge in [-0.3, -0.25) is 19.7 Å². The third-order valence-corrected chi connectivity index (χ3v) is 6.68. The SMILES string of the molecule is COc1ccc2[nH]cc(CCN3C(=O)C(=O)C(=C(O)c4ccc(F)cc4)[C@@H]3c3ccccc3[N+](=O)[O-])c2c1. The molecule has 1 atom stereocenters. The fourth-order valence-electron chi connectivity index (χ4n) is 4.81. The van der Waals surface area contributed by atoms with E-state index in [0.717, 1.165) is 28.6 Å². The summed E-state index contributed by atoms with van der Waals surface area (Å²) in [6.07, 6.45) is 2.10. The number of likely N-dealkylation sites (tertiary alicyclic amines) is 1. The highest BCUT2D eigenvalue weighted by Gasteiger charge is 2.47. The number of aromatic nitrogens is 1. The summed E-state index contributed by atoms with van der Waals surface area (Å²) in [5.41, 5.74) is 1.30. The number of nitro benzene ring substituents is 1. The van der Waals surface area contributed by atoms with Crippen LogP contribution >= 0.6 is 0 Å². The second-order valence-corrected chi connectivity index (χ2v) is 8.79. The number of amides is 1. The van der Waals surface area contributed by atoms with Crippen LogP contribution in [0.15, 0.2) is 78.5 Å². The summed E-state index contributed by atoms with van der Waals surface area (Å²) in [5.74, 6) is -2.30. The molecule has 0 spiro atoms. The summed E-state index contributed by atoms with van der Waals surface area (Å²) in [4.78, 5) is 42.2. The Kier molecular flexibility index (Phi) is 6.38. The van der Waals surface area contributed by atoms with Gasteiger partial charge in [0.05, 0.1) is 29.2 Å². The van der Waals surface area contributed by atoms with E-state index in [2.05, 4.69) is 4.98 Å². The van der Waals surface area contributed by atoms with Gasteiger partial charge in [0.25, 0.3) is 17.4 Å². The second kappa shape index (κ2) is 9.81. The van der Waals surface area contributed by atoms with Gasteiger partial charge >= 0.3 is 0 Å². The Hall–Kier alpha value is -4.99. The molecule has 0 aliphatic carbocycles. The van der Waals surface area contributed by atoms with Gasteiger partial charge in [0.15, 0.2) is 0 Å². The van der Waals surface area contributed by atoms with Gasteiger partial charge in [0.2, 0.25) is 0 Å². The molecule has 0 saturated carbocycles. The molecule has 192 valence electrons. The molecule has 1 saturated heterocycles. The van der Waals surface area contributed by atoms with Crippen LogP contribution in [0.25, 0.3) is 16.7 Å². The molecule has 9 nitrogen and oxygen atoms in total. The van der Waals surface area contributed by atoms with Crippen molar-refractivity contribution in [2.24, 2.45) is 0 Å². The largest absolute Gasteiger partial charge is 0.507 e. The van der Waals surface area contributed by atoms with Crippen LogP contribution in [0.5, 0.6) is 5.75 Å². The fourth-order valence-corrected chi connectivity index (χ4v) is 4.81. The van der Waals surface area contributed by atoms with Crippen molar-refractivity contribution in [2.45, 2.75) is 12.5 Å². The number of nitro groups is 1. The summed E-state index contributed by atoms with van der Waals surface area (Å²) >= 11 is 0. The summed E-state index contributed by atoms with van der Waals surface area (Å²) in [7, 11) is 1.56.